The van der Waals surface area contributed by atoms with Crippen molar-refractivity contribution in [2.24, 2.45) is 5.84 Å². The second kappa shape index (κ2) is 2.88. The molecule has 1 fully saturated rings. The highest BCUT2D eigenvalue weighted by molar-refractivity contribution is 5.31. The lowest BCUT2D eigenvalue weighted by Gasteiger charge is -2.13. The molecule has 2 rings (SSSR count). The topological polar surface area (TPSA) is 38.0 Å². The minimum Gasteiger partial charge on any atom is -0.271 e. The van der Waals surface area contributed by atoms with Gasteiger partial charge in [0, 0.05) is 12.0 Å². The molecule has 0 aromatic heterocycles. The van der Waals surface area contributed by atoms with Gasteiger partial charge in [-0.1, -0.05) is 30.3 Å². The van der Waals surface area contributed by atoms with Crippen LogP contribution in [0.5, 0.6) is 0 Å². The van der Waals surface area contributed by atoms with Crippen molar-refractivity contribution < 1.29 is 0 Å². The molecule has 2 heteroatoms. The predicted molar refractivity (Wildman–Crippen MR) is 49.5 cm³/mol. The Kier molecular flexibility index (Phi) is 1.87. The van der Waals surface area contributed by atoms with Gasteiger partial charge in [0.1, 0.15) is 0 Å². The highest BCUT2D eigenvalue weighted by atomic mass is 15.2. The Morgan fingerprint density at radius 1 is 1.25 bits per heavy atom. The molecule has 0 saturated heterocycles. The third kappa shape index (κ3) is 1.24. The molecule has 3 N–H and O–H groups in total. The number of nitrogens with two attached hydrogens (primary N) is 1. The highest BCUT2D eigenvalue weighted by Crippen LogP contribution is 2.47. The molecule has 0 radical (unpaired) electrons. The van der Waals surface area contributed by atoms with E-state index in [0.29, 0.717) is 5.41 Å². The van der Waals surface area contributed by atoms with E-state index in [2.05, 4.69) is 35.8 Å². The third-order valence-corrected chi connectivity index (χ3v) is 2.68. The van der Waals surface area contributed by atoms with Gasteiger partial charge in [0.2, 0.25) is 0 Å². The molecule has 1 saturated carbocycles. The first-order valence-corrected chi connectivity index (χ1v) is 4.36. The molecule has 1 aliphatic rings. The number of benzene rings is 1. The largest absolute Gasteiger partial charge is 0.271 e. The van der Waals surface area contributed by atoms with E-state index < -0.39 is 0 Å². The summed E-state index contributed by atoms with van der Waals surface area (Å²) in [5.74, 6) is 5.34. The Morgan fingerprint density at radius 2 is 1.92 bits per heavy atom. The Hall–Kier alpha value is -0.860. The summed E-state index contributed by atoms with van der Waals surface area (Å²) in [6.07, 6.45) is 2.53. The van der Waals surface area contributed by atoms with Crippen molar-refractivity contribution >= 4 is 0 Å². The van der Waals surface area contributed by atoms with E-state index in [-0.39, 0.29) is 0 Å². The third-order valence-electron chi connectivity index (χ3n) is 2.68. The molecule has 0 spiro atoms. The lowest BCUT2D eigenvalue weighted by Crippen LogP contribution is -2.31. The molecule has 0 unspecified atom stereocenters. The van der Waals surface area contributed by atoms with Crippen LogP contribution in [0.3, 0.4) is 0 Å². The Bertz CT molecular complexity index is 252. The monoisotopic (exact) mass is 162 g/mol. The van der Waals surface area contributed by atoms with Gasteiger partial charge in [0.15, 0.2) is 0 Å². The predicted octanol–water partition coefficient (Wildman–Crippen LogP) is 1.18. The molecule has 0 amide bonds. The van der Waals surface area contributed by atoms with Gasteiger partial charge in [0.05, 0.1) is 0 Å². The number of hydrogen-bond donors (Lipinski definition) is 2. The first-order valence-electron chi connectivity index (χ1n) is 4.36. The zero-order chi connectivity index (χ0) is 8.44. The van der Waals surface area contributed by atoms with Crippen LogP contribution in [-0.2, 0) is 5.41 Å². The van der Waals surface area contributed by atoms with E-state index >= 15 is 0 Å². The van der Waals surface area contributed by atoms with Crippen molar-refractivity contribution in [3.05, 3.63) is 35.9 Å². The molecule has 64 valence electrons. The van der Waals surface area contributed by atoms with Crippen LogP contribution in [0.15, 0.2) is 30.3 Å². The fraction of sp³-hybridized carbons (Fsp3) is 0.400. The molecular formula is C10H14N2. The van der Waals surface area contributed by atoms with Gasteiger partial charge in [0.25, 0.3) is 0 Å². The van der Waals surface area contributed by atoms with Crippen LogP contribution in [0.1, 0.15) is 18.4 Å². The van der Waals surface area contributed by atoms with Crippen LogP contribution in [0.2, 0.25) is 0 Å². The maximum atomic E-state index is 5.34. The van der Waals surface area contributed by atoms with Gasteiger partial charge in [-0.3, -0.25) is 11.3 Å². The molecule has 12 heavy (non-hydrogen) atoms. The summed E-state index contributed by atoms with van der Waals surface area (Å²) in [7, 11) is 0. The van der Waals surface area contributed by atoms with Gasteiger partial charge in [-0.15, -0.1) is 0 Å². The Morgan fingerprint density at radius 3 is 2.42 bits per heavy atom. The number of rotatable bonds is 3. The summed E-state index contributed by atoms with van der Waals surface area (Å²) in [6, 6.07) is 10.6. The van der Waals surface area contributed by atoms with Crippen LogP contribution < -0.4 is 11.3 Å². The summed E-state index contributed by atoms with van der Waals surface area (Å²) < 4.78 is 0. The Balaban J connectivity index is 2.19. The van der Waals surface area contributed by atoms with E-state index in [4.69, 9.17) is 5.84 Å². The van der Waals surface area contributed by atoms with Crippen LogP contribution in [0.4, 0.5) is 0 Å². The van der Waals surface area contributed by atoms with Crippen LogP contribution in [-0.4, -0.2) is 6.54 Å². The molecule has 0 bridgehead atoms. The van der Waals surface area contributed by atoms with Crippen molar-refractivity contribution in [2.45, 2.75) is 18.3 Å². The van der Waals surface area contributed by atoms with E-state index in [0.717, 1.165) is 6.54 Å². The molecule has 0 aliphatic heterocycles. The van der Waals surface area contributed by atoms with Crippen molar-refractivity contribution in [1.29, 1.82) is 0 Å². The molecule has 0 heterocycles. The maximum absolute atomic E-state index is 5.34. The molecule has 0 atom stereocenters. The van der Waals surface area contributed by atoms with Crippen LogP contribution >= 0.6 is 0 Å². The minimum atomic E-state index is 0.357. The molecule has 2 nitrogen and oxygen atoms in total. The quantitative estimate of drug-likeness (QED) is 0.517. The summed E-state index contributed by atoms with van der Waals surface area (Å²) >= 11 is 0. The number of nitrogens with one attached hydrogen (secondary N) is 1. The number of hydrogen-bond acceptors (Lipinski definition) is 2. The van der Waals surface area contributed by atoms with Crippen molar-refractivity contribution in [3.8, 4) is 0 Å². The zero-order valence-corrected chi connectivity index (χ0v) is 7.09. The normalized spacial score (nSPS) is 19.1. The van der Waals surface area contributed by atoms with Crippen LogP contribution in [0, 0.1) is 0 Å². The SMILES string of the molecule is NNCC1(c2ccccc2)CC1. The molecular weight excluding hydrogens is 148 g/mol. The minimum absolute atomic E-state index is 0.357. The average Bonchev–Trinajstić information content (AvgIpc) is 2.88. The molecule has 1 aromatic carbocycles. The average molecular weight is 162 g/mol. The second-order valence-electron chi connectivity index (χ2n) is 3.53. The van der Waals surface area contributed by atoms with Gasteiger partial charge in [-0.05, 0) is 18.4 Å². The van der Waals surface area contributed by atoms with Crippen molar-refractivity contribution in [3.63, 3.8) is 0 Å². The zero-order valence-electron chi connectivity index (χ0n) is 7.09. The molecule has 1 aliphatic carbocycles. The summed E-state index contributed by atoms with van der Waals surface area (Å²) in [4.78, 5) is 0. The lowest BCUT2D eigenvalue weighted by atomic mass is 9.96. The van der Waals surface area contributed by atoms with E-state index in [9.17, 15) is 0 Å². The summed E-state index contributed by atoms with van der Waals surface area (Å²) in [6.45, 7) is 0.900. The van der Waals surface area contributed by atoms with Gasteiger partial charge in [-0.25, -0.2) is 0 Å². The number of hydrazine groups is 1. The maximum Gasteiger partial charge on any atom is 0.0195 e. The fourth-order valence-corrected chi connectivity index (χ4v) is 1.71. The Labute approximate surface area is 72.7 Å². The molecule has 1 aromatic rings. The summed E-state index contributed by atoms with van der Waals surface area (Å²) in [5, 5.41) is 0. The first-order chi connectivity index (χ1) is 5.87. The van der Waals surface area contributed by atoms with Gasteiger partial charge in [-0.2, -0.15) is 0 Å². The lowest BCUT2D eigenvalue weighted by molar-refractivity contribution is 0.593. The summed E-state index contributed by atoms with van der Waals surface area (Å²) in [5.41, 5.74) is 4.55. The van der Waals surface area contributed by atoms with Crippen molar-refractivity contribution in [1.82, 2.24) is 5.43 Å². The fourth-order valence-electron chi connectivity index (χ4n) is 1.71. The van der Waals surface area contributed by atoms with Crippen LogP contribution in [0.25, 0.3) is 0 Å². The van der Waals surface area contributed by atoms with E-state index in [1.54, 1.807) is 0 Å². The van der Waals surface area contributed by atoms with Crippen molar-refractivity contribution in [2.75, 3.05) is 6.54 Å². The highest BCUT2D eigenvalue weighted by Gasteiger charge is 2.43. The first kappa shape index (κ1) is 7.77. The second-order valence-corrected chi connectivity index (χ2v) is 3.53. The van der Waals surface area contributed by atoms with E-state index in [1.807, 2.05) is 0 Å². The standard InChI is InChI=1S/C10H14N2/c11-12-8-10(6-7-10)9-4-2-1-3-5-9/h1-5,12H,6-8,11H2. The van der Waals surface area contributed by atoms with E-state index in [1.165, 1.54) is 18.4 Å². The van der Waals surface area contributed by atoms with Gasteiger partial charge < -0.3 is 0 Å². The smallest absolute Gasteiger partial charge is 0.0195 e. The van der Waals surface area contributed by atoms with Gasteiger partial charge >= 0.3 is 0 Å².